The quantitative estimate of drug-likeness (QED) is 0.739. The monoisotopic (exact) mass is 226 g/mol. The van der Waals surface area contributed by atoms with Gasteiger partial charge in [-0.25, -0.2) is 0 Å². The van der Waals surface area contributed by atoms with E-state index in [4.69, 9.17) is 0 Å². The number of carbonyl (C=O) groups is 2. The highest BCUT2D eigenvalue weighted by molar-refractivity contribution is 5.78. The Morgan fingerprint density at radius 2 is 2.00 bits per heavy atom. The van der Waals surface area contributed by atoms with Crippen molar-refractivity contribution in [2.75, 3.05) is 13.1 Å². The van der Waals surface area contributed by atoms with Gasteiger partial charge in [-0.15, -0.1) is 0 Å². The summed E-state index contributed by atoms with van der Waals surface area (Å²) in [4.78, 5) is 24.5. The molecule has 1 rings (SSSR count). The van der Waals surface area contributed by atoms with Gasteiger partial charge in [-0.05, 0) is 18.8 Å². The second-order valence-corrected chi connectivity index (χ2v) is 4.95. The van der Waals surface area contributed by atoms with Crippen LogP contribution in [-0.2, 0) is 9.59 Å². The molecule has 0 unspecified atom stereocenters. The molecule has 2 amide bonds. The SMILES string of the molecule is CC(=O)N(CCC(=O)NC1CC1)CC(C)C. The number of amides is 2. The Bertz CT molecular complexity index is 260. The Hall–Kier alpha value is -1.06. The lowest BCUT2D eigenvalue weighted by atomic mass is 10.2. The van der Waals surface area contributed by atoms with Crippen molar-refractivity contribution < 1.29 is 9.59 Å². The van der Waals surface area contributed by atoms with E-state index < -0.39 is 0 Å². The smallest absolute Gasteiger partial charge is 0.221 e. The minimum absolute atomic E-state index is 0.0490. The van der Waals surface area contributed by atoms with Gasteiger partial charge in [0.1, 0.15) is 0 Å². The van der Waals surface area contributed by atoms with E-state index in [1.165, 1.54) is 0 Å². The lowest BCUT2D eigenvalue weighted by Gasteiger charge is -2.22. The molecule has 1 N–H and O–H groups in total. The van der Waals surface area contributed by atoms with Gasteiger partial charge in [-0.3, -0.25) is 9.59 Å². The molecular weight excluding hydrogens is 204 g/mol. The maximum Gasteiger partial charge on any atom is 0.221 e. The summed E-state index contributed by atoms with van der Waals surface area (Å²) in [5.41, 5.74) is 0. The zero-order chi connectivity index (χ0) is 12.1. The molecule has 0 saturated heterocycles. The predicted molar refractivity (Wildman–Crippen MR) is 62.9 cm³/mol. The van der Waals surface area contributed by atoms with E-state index in [0.29, 0.717) is 24.9 Å². The Kier molecular flexibility index (Phi) is 4.77. The summed E-state index contributed by atoms with van der Waals surface area (Å²) in [6, 6.07) is 0.406. The van der Waals surface area contributed by atoms with Crippen LogP contribution in [0.1, 0.15) is 40.0 Å². The predicted octanol–water partition coefficient (Wildman–Crippen LogP) is 1.16. The van der Waals surface area contributed by atoms with Crippen molar-refractivity contribution in [3.63, 3.8) is 0 Å². The van der Waals surface area contributed by atoms with Crippen LogP contribution < -0.4 is 5.32 Å². The molecule has 1 saturated carbocycles. The number of nitrogens with one attached hydrogen (secondary N) is 1. The van der Waals surface area contributed by atoms with Gasteiger partial charge in [0.05, 0.1) is 0 Å². The molecule has 0 aromatic heterocycles. The molecule has 4 nitrogen and oxygen atoms in total. The lowest BCUT2D eigenvalue weighted by Crippen LogP contribution is -2.36. The van der Waals surface area contributed by atoms with E-state index in [1.807, 2.05) is 0 Å². The summed E-state index contributed by atoms with van der Waals surface area (Å²) < 4.78 is 0. The van der Waals surface area contributed by atoms with Crippen LogP contribution in [0, 0.1) is 5.92 Å². The van der Waals surface area contributed by atoms with Gasteiger partial charge in [-0.2, -0.15) is 0 Å². The molecule has 0 aliphatic heterocycles. The van der Waals surface area contributed by atoms with Gasteiger partial charge in [0.15, 0.2) is 0 Å². The second kappa shape index (κ2) is 5.87. The molecule has 0 bridgehead atoms. The summed E-state index contributed by atoms with van der Waals surface area (Å²) in [5, 5.41) is 2.92. The fourth-order valence-electron chi connectivity index (χ4n) is 1.58. The van der Waals surface area contributed by atoms with Crippen LogP contribution in [0.3, 0.4) is 0 Å². The highest BCUT2D eigenvalue weighted by Crippen LogP contribution is 2.18. The third-order valence-corrected chi connectivity index (χ3v) is 2.58. The van der Waals surface area contributed by atoms with Crippen LogP contribution in [0.25, 0.3) is 0 Å². The van der Waals surface area contributed by atoms with E-state index in [1.54, 1.807) is 11.8 Å². The lowest BCUT2D eigenvalue weighted by molar-refractivity contribution is -0.130. The summed E-state index contributed by atoms with van der Waals surface area (Å²) in [6.45, 7) is 6.96. The Morgan fingerprint density at radius 3 is 2.44 bits per heavy atom. The molecule has 0 heterocycles. The van der Waals surface area contributed by atoms with E-state index >= 15 is 0 Å². The van der Waals surface area contributed by atoms with Gasteiger partial charge >= 0.3 is 0 Å². The van der Waals surface area contributed by atoms with Crippen LogP contribution in [0.2, 0.25) is 0 Å². The Labute approximate surface area is 97.4 Å². The zero-order valence-corrected chi connectivity index (χ0v) is 10.5. The number of carbonyl (C=O) groups excluding carboxylic acids is 2. The van der Waals surface area contributed by atoms with Crippen LogP contribution >= 0.6 is 0 Å². The molecule has 0 aromatic rings. The fraction of sp³-hybridized carbons (Fsp3) is 0.833. The van der Waals surface area contributed by atoms with Crippen molar-refractivity contribution in [3.8, 4) is 0 Å². The second-order valence-electron chi connectivity index (χ2n) is 4.95. The topological polar surface area (TPSA) is 49.4 Å². The van der Waals surface area contributed by atoms with Crippen LogP contribution in [0.5, 0.6) is 0 Å². The highest BCUT2D eigenvalue weighted by Gasteiger charge is 2.23. The molecule has 1 fully saturated rings. The van der Waals surface area contributed by atoms with Gasteiger partial charge in [0, 0.05) is 32.5 Å². The number of hydrogen-bond donors (Lipinski definition) is 1. The third kappa shape index (κ3) is 5.14. The molecule has 92 valence electrons. The molecule has 16 heavy (non-hydrogen) atoms. The van der Waals surface area contributed by atoms with Crippen molar-refractivity contribution >= 4 is 11.8 Å². The Balaban J connectivity index is 2.24. The summed E-state index contributed by atoms with van der Waals surface area (Å²) in [6.07, 6.45) is 2.63. The average Bonchev–Trinajstić information content (AvgIpc) is 2.95. The van der Waals surface area contributed by atoms with Gasteiger partial charge in [0.2, 0.25) is 11.8 Å². The molecule has 1 aliphatic rings. The van der Waals surface area contributed by atoms with Crippen molar-refractivity contribution in [2.24, 2.45) is 5.92 Å². The van der Waals surface area contributed by atoms with Crippen molar-refractivity contribution in [1.82, 2.24) is 10.2 Å². The first-order valence-electron chi connectivity index (χ1n) is 6.04. The van der Waals surface area contributed by atoms with E-state index in [9.17, 15) is 9.59 Å². The fourth-order valence-corrected chi connectivity index (χ4v) is 1.58. The first-order valence-corrected chi connectivity index (χ1v) is 6.04. The maximum atomic E-state index is 11.5. The normalized spacial score (nSPS) is 15.0. The molecule has 0 radical (unpaired) electrons. The third-order valence-electron chi connectivity index (χ3n) is 2.58. The molecule has 0 spiro atoms. The first kappa shape index (κ1) is 13.0. The van der Waals surface area contributed by atoms with Crippen LogP contribution in [0.15, 0.2) is 0 Å². The van der Waals surface area contributed by atoms with Crippen LogP contribution in [-0.4, -0.2) is 35.8 Å². The standard InChI is InChI=1S/C12H22N2O2/c1-9(2)8-14(10(3)15)7-6-12(16)13-11-4-5-11/h9,11H,4-8H2,1-3H3,(H,13,16). The largest absolute Gasteiger partial charge is 0.353 e. The summed E-state index contributed by atoms with van der Waals surface area (Å²) in [7, 11) is 0. The number of rotatable bonds is 6. The molecule has 0 atom stereocenters. The maximum absolute atomic E-state index is 11.5. The molecule has 4 heteroatoms. The van der Waals surface area contributed by atoms with Gasteiger partial charge in [-0.1, -0.05) is 13.8 Å². The van der Waals surface area contributed by atoms with Gasteiger partial charge in [0.25, 0.3) is 0 Å². The summed E-state index contributed by atoms with van der Waals surface area (Å²) >= 11 is 0. The van der Waals surface area contributed by atoms with Crippen LogP contribution in [0.4, 0.5) is 0 Å². The minimum atomic E-state index is 0.0490. The number of hydrogen-bond acceptors (Lipinski definition) is 2. The van der Waals surface area contributed by atoms with E-state index in [0.717, 1.165) is 19.4 Å². The zero-order valence-electron chi connectivity index (χ0n) is 10.5. The number of nitrogens with zero attached hydrogens (tertiary/aromatic N) is 1. The minimum Gasteiger partial charge on any atom is -0.353 e. The average molecular weight is 226 g/mol. The van der Waals surface area contributed by atoms with Crippen molar-refractivity contribution in [1.29, 1.82) is 0 Å². The molecule has 0 aromatic carbocycles. The van der Waals surface area contributed by atoms with Gasteiger partial charge < -0.3 is 10.2 Å². The molecule has 1 aliphatic carbocycles. The highest BCUT2D eigenvalue weighted by atomic mass is 16.2. The van der Waals surface area contributed by atoms with E-state index in [2.05, 4.69) is 19.2 Å². The Morgan fingerprint density at radius 1 is 1.38 bits per heavy atom. The van der Waals surface area contributed by atoms with Crippen molar-refractivity contribution in [3.05, 3.63) is 0 Å². The summed E-state index contributed by atoms with van der Waals surface area (Å²) in [5.74, 6) is 0.556. The first-order chi connectivity index (χ1) is 7.49. The molecular formula is C12H22N2O2. The van der Waals surface area contributed by atoms with E-state index in [-0.39, 0.29) is 11.8 Å². The van der Waals surface area contributed by atoms with Crippen molar-refractivity contribution in [2.45, 2.75) is 46.1 Å².